The first kappa shape index (κ1) is 18.6. The van der Waals surface area contributed by atoms with Gasteiger partial charge in [0.2, 0.25) is 0 Å². The maximum atomic E-state index is 12.8. The van der Waals surface area contributed by atoms with Crippen LogP contribution in [0.25, 0.3) is 5.69 Å². The van der Waals surface area contributed by atoms with Crippen LogP contribution < -0.4 is 0 Å². The van der Waals surface area contributed by atoms with Crippen LogP contribution in [0.2, 0.25) is 5.02 Å². The first-order chi connectivity index (χ1) is 13.0. The standard InChI is InChI=1S/C19H17ClN4O3/c1-2-22(12-14-5-3-4-6-18(14)20)19(25)15-11-21-23(13-15)16-7-9-17(10-8-16)24(26)27/h3-11,13H,2,12H2,1H3. The Morgan fingerprint density at radius 3 is 2.56 bits per heavy atom. The fourth-order valence-corrected chi connectivity index (χ4v) is 2.84. The number of nitrogens with zero attached hydrogens (tertiary/aromatic N) is 4. The number of carbonyl (C=O) groups excluding carboxylic acids is 1. The van der Waals surface area contributed by atoms with Gasteiger partial charge in [0.15, 0.2) is 0 Å². The molecular weight excluding hydrogens is 368 g/mol. The van der Waals surface area contributed by atoms with E-state index in [0.29, 0.717) is 29.4 Å². The zero-order valence-electron chi connectivity index (χ0n) is 14.6. The Hall–Kier alpha value is -3.19. The molecule has 0 saturated carbocycles. The lowest BCUT2D eigenvalue weighted by Gasteiger charge is -2.20. The van der Waals surface area contributed by atoms with Gasteiger partial charge in [-0.05, 0) is 30.7 Å². The maximum absolute atomic E-state index is 12.8. The molecule has 1 heterocycles. The normalized spacial score (nSPS) is 10.6. The highest BCUT2D eigenvalue weighted by Gasteiger charge is 2.18. The van der Waals surface area contributed by atoms with E-state index in [9.17, 15) is 14.9 Å². The largest absolute Gasteiger partial charge is 0.334 e. The average molecular weight is 385 g/mol. The van der Waals surface area contributed by atoms with Gasteiger partial charge in [0.25, 0.3) is 11.6 Å². The summed E-state index contributed by atoms with van der Waals surface area (Å²) >= 11 is 6.19. The van der Waals surface area contributed by atoms with Crippen molar-refractivity contribution < 1.29 is 9.72 Å². The van der Waals surface area contributed by atoms with E-state index in [1.54, 1.807) is 29.3 Å². The van der Waals surface area contributed by atoms with Crippen LogP contribution in [0.5, 0.6) is 0 Å². The topological polar surface area (TPSA) is 81.3 Å². The highest BCUT2D eigenvalue weighted by molar-refractivity contribution is 6.31. The van der Waals surface area contributed by atoms with Gasteiger partial charge < -0.3 is 4.90 Å². The molecule has 0 fully saturated rings. The van der Waals surface area contributed by atoms with Crippen molar-refractivity contribution in [2.45, 2.75) is 13.5 Å². The number of nitro benzene ring substituents is 1. The summed E-state index contributed by atoms with van der Waals surface area (Å²) in [4.78, 5) is 24.8. The Morgan fingerprint density at radius 2 is 1.93 bits per heavy atom. The molecule has 3 aromatic rings. The van der Waals surface area contributed by atoms with Crippen molar-refractivity contribution in [3.63, 3.8) is 0 Å². The van der Waals surface area contributed by atoms with Gasteiger partial charge in [0.05, 0.1) is 22.4 Å². The molecule has 0 unspecified atom stereocenters. The zero-order chi connectivity index (χ0) is 19.4. The number of halogens is 1. The number of hydrogen-bond donors (Lipinski definition) is 0. The first-order valence-electron chi connectivity index (χ1n) is 8.31. The van der Waals surface area contributed by atoms with Gasteiger partial charge in [0.1, 0.15) is 0 Å². The van der Waals surface area contributed by atoms with E-state index in [0.717, 1.165) is 5.56 Å². The van der Waals surface area contributed by atoms with Crippen molar-refractivity contribution in [1.82, 2.24) is 14.7 Å². The monoisotopic (exact) mass is 384 g/mol. The molecule has 1 aromatic heterocycles. The number of nitro groups is 1. The molecule has 0 spiro atoms. The molecule has 0 aliphatic rings. The molecule has 0 N–H and O–H groups in total. The van der Waals surface area contributed by atoms with Gasteiger partial charge in [-0.3, -0.25) is 14.9 Å². The third-order valence-electron chi connectivity index (χ3n) is 4.14. The summed E-state index contributed by atoms with van der Waals surface area (Å²) in [7, 11) is 0. The van der Waals surface area contributed by atoms with Crippen molar-refractivity contribution in [2.75, 3.05) is 6.54 Å². The number of carbonyl (C=O) groups is 1. The van der Waals surface area contributed by atoms with Gasteiger partial charge in [-0.1, -0.05) is 29.8 Å². The van der Waals surface area contributed by atoms with Crippen LogP contribution in [-0.2, 0) is 6.54 Å². The second-order valence-corrected chi connectivity index (χ2v) is 6.27. The molecule has 138 valence electrons. The van der Waals surface area contributed by atoms with Crippen LogP contribution in [0.3, 0.4) is 0 Å². The van der Waals surface area contributed by atoms with Crippen molar-refractivity contribution in [3.05, 3.63) is 87.2 Å². The second-order valence-electron chi connectivity index (χ2n) is 5.86. The lowest BCUT2D eigenvalue weighted by molar-refractivity contribution is -0.384. The summed E-state index contributed by atoms with van der Waals surface area (Å²) in [5.74, 6) is -0.161. The molecule has 0 saturated heterocycles. The van der Waals surface area contributed by atoms with Crippen LogP contribution >= 0.6 is 11.6 Å². The molecule has 3 rings (SSSR count). The smallest absolute Gasteiger partial charge is 0.269 e. The van der Waals surface area contributed by atoms with Gasteiger partial charge in [-0.15, -0.1) is 0 Å². The minimum atomic E-state index is -0.463. The molecule has 1 amide bonds. The van der Waals surface area contributed by atoms with Crippen LogP contribution in [0.1, 0.15) is 22.8 Å². The van der Waals surface area contributed by atoms with Crippen molar-refractivity contribution in [3.8, 4) is 5.69 Å². The van der Waals surface area contributed by atoms with Crippen molar-refractivity contribution in [2.24, 2.45) is 0 Å². The van der Waals surface area contributed by atoms with E-state index in [1.807, 2.05) is 25.1 Å². The van der Waals surface area contributed by atoms with Gasteiger partial charge in [-0.2, -0.15) is 5.10 Å². The number of hydrogen-bond acceptors (Lipinski definition) is 4. The quantitative estimate of drug-likeness (QED) is 0.473. The average Bonchev–Trinajstić information content (AvgIpc) is 3.17. The predicted octanol–water partition coefficient (Wildman–Crippen LogP) is 4.10. The lowest BCUT2D eigenvalue weighted by atomic mass is 10.2. The van der Waals surface area contributed by atoms with Crippen LogP contribution in [0.4, 0.5) is 5.69 Å². The zero-order valence-corrected chi connectivity index (χ0v) is 15.3. The van der Waals surface area contributed by atoms with Crippen LogP contribution in [0.15, 0.2) is 60.9 Å². The predicted molar refractivity (Wildman–Crippen MR) is 102 cm³/mol. The minimum absolute atomic E-state index is 0.000830. The van der Waals surface area contributed by atoms with Crippen molar-refractivity contribution in [1.29, 1.82) is 0 Å². The Kier molecular flexibility index (Phi) is 5.52. The van der Waals surface area contributed by atoms with E-state index < -0.39 is 4.92 Å². The lowest BCUT2D eigenvalue weighted by Crippen LogP contribution is -2.30. The number of rotatable bonds is 6. The third kappa shape index (κ3) is 4.15. The highest BCUT2D eigenvalue weighted by Crippen LogP contribution is 2.19. The molecule has 0 radical (unpaired) electrons. The number of aromatic nitrogens is 2. The fraction of sp³-hybridized carbons (Fsp3) is 0.158. The first-order valence-corrected chi connectivity index (χ1v) is 8.69. The van der Waals surface area contributed by atoms with Crippen LogP contribution in [-0.4, -0.2) is 32.1 Å². The molecule has 0 atom stereocenters. The molecule has 0 aliphatic carbocycles. The Balaban J connectivity index is 1.78. The summed E-state index contributed by atoms with van der Waals surface area (Å²) in [5, 5.41) is 15.6. The molecule has 8 heteroatoms. The van der Waals surface area contributed by atoms with Crippen molar-refractivity contribution >= 4 is 23.2 Å². The number of amides is 1. The molecule has 27 heavy (non-hydrogen) atoms. The number of non-ortho nitro benzene ring substituents is 1. The Labute approximate surface area is 160 Å². The molecule has 0 bridgehead atoms. The van der Waals surface area contributed by atoms with Gasteiger partial charge in [-0.25, -0.2) is 4.68 Å². The van der Waals surface area contributed by atoms with Gasteiger partial charge in [0, 0.05) is 36.4 Å². The summed E-state index contributed by atoms with van der Waals surface area (Å²) in [6, 6.07) is 13.4. The fourth-order valence-electron chi connectivity index (χ4n) is 2.64. The van der Waals surface area contributed by atoms with E-state index in [2.05, 4.69) is 5.10 Å². The Morgan fingerprint density at radius 1 is 1.22 bits per heavy atom. The van der Waals surface area contributed by atoms with E-state index in [1.165, 1.54) is 23.0 Å². The van der Waals surface area contributed by atoms with E-state index in [-0.39, 0.29) is 11.6 Å². The maximum Gasteiger partial charge on any atom is 0.269 e. The van der Waals surface area contributed by atoms with Crippen LogP contribution in [0, 0.1) is 10.1 Å². The summed E-state index contributed by atoms with van der Waals surface area (Å²) < 4.78 is 1.51. The molecular formula is C19H17ClN4O3. The SMILES string of the molecule is CCN(Cc1ccccc1Cl)C(=O)c1cnn(-c2ccc([N+](=O)[O-])cc2)c1. The summed E-state index contributed by atoms with van der Waals surface area (Å²) in [6.07, 6.45) is 3.10. The summed E-state index contributed by atoms with van der Waals surface area (Å²) in [5.41, 5.74) is 1.94. The van der Waals surface area contributed by atoms with Gasteiger partial charge >= 0.3 is 0 Å². The molecule has 2 aromatic carbocycles. The van der Waals surface area contributed by atoms with E-state index >= 15 is 0 Å². The summed E-state index contributed by atoms with van der Waals surface area (Å²) in [6.45, 7) is 2.82. The Bertz CT molecular complexity index is 969. The molecule has 7 nitrogen and oxygen atoms in total. The van der Waals surface area contributed by atoms with E-state index in [4.69, 9.17) is 11.6 Å². The second kappa shape index (κ2) is 8.01. The third-order valence-corrected chi connectivity index (χ3v) is 4.51. The molecule has 0 aliphatic heterocycles. The highest BCUT2D eigenvalue weighted by atomic mass is 35.5. The minimum Gasteiger partial charge on any atom is -0.334 e. The number of benzene rings is 2.